The summed E-state index contributed by atoms with van der Waals surface area (Å²) in [5.41, 5.74) is 2.49. The van der Waals surface area contributed by atoms with Gasteiger partial charge in [-0.05, 0) is 24.6 Å². The van der Waals surface area contributed by atoms with Crippen LogP contribution in [0, 0.1) is 6.92 Å². The van der Waals surface area contributed by atoms with Gasteiger partial charge in [0.2, 0.25) is 0 Å². The van der Waals surface area contributed by atoms with E-state index in [1.807, 2.05) is 43.3 Å². The monoisotopic (exact) mass is 484 g/mol. The molecule has 0 aliphatic carbocycles. The topological polar surface area (TPSA) is 70.1 Å². The number of likely N-dealkylation sites (tertiary alicyclic amines) is 1. The molecule has 0 spiro atoms. The Balaban J connectivity index is 1.73. The van der Waals surface area contributed by atoms with Crippen LogP contribution in [0.25, 0.3) is 5.76 Å². The first-order valence-electron chi connectivity index (χ1n) is 10.4. The van der Waals surface area contributed by atoms with Crippen molar-refractivity contribution in [3.8, 4) is 0 Å². The average Bonchev–Trinajstić information content (AvgIpc) is 3.03. The SMILES string of the molecule is Cc1ccc(/C(O)=C2\C(=O)C(=O)N(CCN3CCOCC3)[C@@H]2c2cccc(Br)c2)cc1. The zero-order valence-electron chi connectivity index (χ0n) is 17.4. The van der Waals surface area contributed by atoms with Crippen molar-refractivity contribution in [3.05, 3.63) is 75.3 Å². The van der Waals surface area contributed by atoms with Crippen LogP contribution < -0.4 is 0 Å². The smallest absolute Gasteiger partial charge is 0.295 e. The molecule has 1 N–H and O–H groups in total. The van der Waals surface area contributed by atoms with E-state index in [-0.39, 0.29) is 11.3 Å². The molecule has 2 heterocycles. The second kappa shape index (κ2) is 9.34. The van der Waals surface area contributed by atoms with Crippen molar-refractivity contribution in [3.63, 3.8) is 0 Å². The average molecular weight is 485 g/mol. The molecule has 2 saturated heterocycles. The number of halogens is 1. The molecule has 0 unspecified atom stereocenters. The molecule has 2 aromatic carbocycles. The first kappa shape index (κ1) is 21.7. The lowest BCUT2D eigenvalue weighted by molar-refractivity contribution is -0.140. The maximum atomic E-state index is 13.1. The van der Waals surface area contributed by atoms with E-state index < -0.39 is 17.7 Å². The minimum absolute atomic E-state index is 0.133. The molecule has 0 bridgehead atoms. The van der Waals surface area contributed by atoms with Crippen molar-refractivity contribution in [2.75, 3.05) is 39.4 Å². The van der Waals surface area contributed by atoms with Gasteiger partial charge in [0.15, 0.2) is 0 Å². The summed E-state index contributed by atoms with van der Waals surface area (Å²) in [5.74, 6) is -1.37. The number of ether oxygens (including phenoxy) is 1. The number of nitrogens with zero attached hydrogens (tertiary/aromatic N) is 2. The number of aliphatic hydroxyl groups is 1. The molecule has 7 heteroatoms. The van der Waals surface area contributed by atoms with Gasteiger partial charge in [0.1, 0.15) is 5.76 Å². The van der Waals surface area contributed by atoms with Crippen molar-refractivity contribution >= 4 is 33.4 Å². The number of carbonyl (C=O) groups is 2. The lowest BCUT2D eigenvalue weighted by atomic mass is 9.95. The van der Waals surface area contributed by atoms with Crippen LogP contribution in [0.5, 0.6) is 0 Å². The van der Waals surface area contributed by atoms with E-state index in [2.05, 4.69) is 20.8 Å². The van der Waals surface area contributed by atoms with Gasteiger partial charge in [-0.1, -0.05) is 57.9 Å². The van der Waals surface area contributed by atoms with Gasteiger partial charge in [0.05, 0.1) is 24.8 Å². The maximum Gasteiger partial charge on any atom is 0.295 e. The summed E-state index contributed by atoms with van der Waals surface area (Å²) in [6.45, 7) is 5.93. The first-order chi connectivity index (χ1) is 15.0. The Morgan fingerprint density at radius 1 is 1.10 bits per heavy atom. The highest BCUT2D eigenvalue weighted by Crippen LogP contribution is 2.39. The number of rotatable bonds is 5. The molecular formula is C24H25BrN2O4. The third-order valence-corrected chi connectivity index (χ3v) is 6.28. The summed E-state index contributed by atoms with van der Waals surface area (Å²) >= 11 is 3.48. The predicted octanol–water partition coefficient (Wildman–Crippen LogP) is 3.51. The van der Waals surface area contributed by atoms with E-state index in [1.165, 1.54) is 0 Å². The molecule has 2 aromatic rings. The number of aliphatic hydroxyl groups excluding tert-OH is 1. The van der Waals surface area contributed by atoms with E-state index in [0.717, 1.165) is 28.7 Å². The van der Waals surface area contributed by atoms with Crippen molar-refractivity contribution in [2.45, 2.75) is 13.0 Å². The summed E-state index contributed by atoms with van der Waals surface area (Å²) in [5, 5.41) is 11.1. The quantitative estimate of drug-likeness (QED) is 0.399. The fraction of sp³-hybridized carbons (Fsp3) is 0.333. The summed E-state index contributed by atoms with van der Waals surface area (Å²) < 4.78 is 6.24. The second-order valence-corrected chi connectivity index (χ2v) is 8.78. The molecule has 1 amide bonds. The first-order valence-corrected chi connectivity index (χ1v) is 11.2. The van der Waals surface area contributed by atoms with Crippen LogP contribution >= 0.6 is 15.9 Å². The van der Waals surface area contributed by atoms with Gasteiger partial charge in [-0.2, -0.15) is 0 Å². The third-order valence-electron chi connectivity index (χ3n) is 5.79. The molecule has 0 aromatic heterocycles. The predicted molar refractivity (Wildman–Crippen MR) is 122 cm³/mol. The van der Waals surface area contributed by atoms with Crippen molar-refractivity contribution in [2.24, 2.45) is 0 Å². The Hall–Kier alpha value is -2.48. The van der Waals surface area contributed by atoms with E-state index >= 15 is 0 Å². The van der Waals surface area contributed by atoms with Gasteiger partial charge in [-0.3, -0.25) is 14.5 Å². The molecule has 2 aliphatic heterocycles. The largest absolute Gasteiger partial charge is 0.507 e. The molecule has 162 valence electrons. The fourth-order valence-electron chi connectivity index (χ4n) is 4.07. The zero-order chi connectivity index (χ0) is 22.0. The van der Waals surface area contributed by atoms with E-state index in [4.69, 9.17) is 4.74 Å². The van der Waals surface area contributed by atoms with Gasteiger partial charge >= 0.3 is 0 Å². The van der Waals surface area contributed by atoms with Crippen LogP contribution in [0.3, 0.4) is 0 Å². The Labute approximate surface area is 190 Å². The number of Topliss-reactive ketones (excluding diaryl/α,β-unsaturated/α-hetero) is 1. The third kappa shape index (κ3) is 4.59. The summed E-state index contributed by atoms with van der Waals surface area (Å²) in [6.07, 6.45) is 0. The van der Waals surface area contributed by atoms with Gasteiger partial charge in [0.25, 0.3) is 11.7 Å². The van der Waals surface area contributed by atoms with Crippen LogP contribution in [0.2, 0.25) is 0 Å². The van der Waals surface area contributed by atoms with E-state index in [0.29, 0.717) is 31.9 Å². The molecule has 1 atom stereocenters. The molecule has 31 heavy (non-hydrogen) atoms. The minimum Gasteiger partial charge on any atom is -0.507 e. The number of benzene rings is 2. The number of hydrogen-bond donors (Lipinski definition) is 1. The standard InChI is InChI=1S/C24H25BrN2O4/c1-16-5-7-17(8-6-16)22(28)20-21(18-3-2-4-19(25)15-18)27(24(30)23(20)29)10-9-26-11-13-31-14-12-26/h2-8,15,21,28H,9-14H2,1H3/b22-20+/t21-/m1/s1. The highest BCUT2D eigenvalue weighted by molar-refractivity contribution is 9.10. The van der Waals surface area contributed by atoms with Crippen LogP contribution in [0.15, 0.2) is 58.6 Å². The molecule has 0 radical (unpaired) electrons. The van der Waals surface area contributed by atoms with Gasteiger partial charge in [-0.15, -0.1) is 0 Å². The summed E-state index contributed by atoms with van der Waals surface area (Å²) in [7, 11) is 0. The molecule has 0 saturated carbocycles. The molecule has 2 aliphatic rings. The number of ketones is 1. The Morgan fingerprint density at radius 2 is 1.81 bits per heavy atom. The Morgan fingerprint density at radius 3 is 2.48 bits per heavy atom. The molecule has 2 fully saturated rings. The number of amides is 1. The summed E-state index contributed by atoms with van der Waals surface area (Å²) in [6, 6.07) is 14.2. The van der Waals surface area contributed by atoms with Crippen LogP contribution in [-0.4, -0.2) is 66.0 Å². The highest BCUT2D eigenvalue weighted by Gasteiger charge is 2.46. The number of morpholine rings is 1. The summed E-state index contributed by atoms with van der Waals surface area (Å²) in [4.78, 5) is 29.9. The second-order valence-electron chi connectivity index (χ2n) is 7.87. The molecule has 4 rings (SSSR count). The Kier molecular flexibility index (Phi) is 6.55. The van der Waals surface area contributed by atoms with E-state index in [9.17, 15) is 14.7 Å². The number of aryl methyl sites for hydroxylation is 1. The van der Waals surface area contributed by atoms with Crippen molar-refractivity contribution in [1.29, 1.82) is 0 Å². The van der Waals surface area contributed by atoms with Gasteiger partial charge in [-0.25, -0.2) is 0 Å². The van der Waals surface area contributed by atoms with Crippen LogP contribution in [-0.2, 0) is 14.3 Å². The van der Waals surface area contributed by atoms with E-state index in [1.54, 1.807) is 17.0 Å². The van der Waals surface area contributed by atoms with Crippen molar-refractivity contribution < 1.29 is 19.4 Å². The Bertz CT molecular complexity index is 1010. The van der Waals surface area contributed by atoms with Gasteiger partial charge in [0, 0.05) is 36.2 Å². The molecular weight excluding hydrogens is 460 g/mol. The number of carbonyl (C=O) groups excluding carboxylic acids is 2. The normalized spacial score (nSPS) is 21.6. The number of hydrogen-bond acceptors (Lipinski definition) is 5. The lowest BCUT2D eigenvalue weighted by Crippen LogP contribution is -2.42. The highest BCUT2D eigenvalue weighted by atomic mass is 79.9. The van der Waals surface area contributed by atoms with Crippen molar-refractivity contribution in [1.82, 2.24) is 9.80 Å². The minimum atomic E-state index is -0.648. The zero-order valence-corrected chi connectivity index (χ0v) is 19.0. The van der Waals surface area contributed by atoms with Gasteiger partial charge < -0.3 is 14.7 Å². The lowest BCUT2D eigenvalue weighted by Gasteiger charge is -2.31. The maximum absolute atomic E-state index is 13.1. The van der Waals surface area contributed by atoms with Crippen LogP contribution in [0.4, 0.5) is 0 Å². The molecule has 6 nitrogen and oxygen atoms in total. The van der Waals surface area contributed by atoms with Crippen LogP contribution in [0.1, 0.15) is 22.7 Å². The fourth-order valence-corrected chi connectivity index (χ4v) is 4.49.